The molecular formula is C22H27Cl2N3O3S. The number of piperazine rings is 1. The van der Waals surface area contributed by atoms with Crippen LogP contribution in [-0.2, 0) is 16.6 Å². The van der Waals surface area contributed by atoms with Crippen molar-refractivity contribution in [2.24, 2.45) is 0 Å². The number of hydrogen-bond donors (Lipinski definition) is 0. The van der Waals surface area contributed by atoms with E-state index >= 15 is 0 Å². The van der Waals surface area contributed by atoms with Gasteiger partial charge in [0.1, 0.15) is 0 Å². The topological polar surface area (TPSA) is 60.9 Å². The number of sulfonamides is 1. The van der Waals surface area contributed by atoms with Crippen LogP contribution < -0.4 is 0 Å². The quantitative estimate of drug-likeness (QED) is 0.623. The van der Waals surface area contributed by atoms with E-state index in [4.69, 9.17) is 23.2 Å². The number of amides is 1. The summed E-state index contributed by atoms with van der Waals surface area (Å²) in [5.41, 5.74) is 1.38. The molecule has 3 rings (SSSR count). The molecule has 0 radical (unpaired) electrons. The SMILES string of the molecule is CC(C)N(C)S(=O)(=O)c1ccc(Cl)c(C(=O)N2CCN(Cc3ccc(Cl)cc3)CC2)c1. The highest BCUT2D eigenvalue weighted by molar-refractivity contribution is 7.89. The first-order valence-corrected chi connectivity index (χ1v) is 12.3. The van der Waals surface area contributed by atoms with Crippen LogP contribution in [0.1, 0.15) is 29.8 Å². The van der Waals surface area contributed by atoms with Crippen LogP contribution >= 0.6 is 23.2 Å². The molecule has 0 aromatic heterocycles. The smallest absolute Gasteiger partial charge is 0.255 e. The summed E-state index contributed by atoms with van der Waals surface area (Å²) in [7, 11) is -2.18. The first-order valence-electron chi connectivity index (χ1n) is 10.1. The molecule has 0 N–H and O–H groups in total. The lowest BCUT2D eigenvalue weighted by Gasteiger charge is -2.35. The van der Waals surface area contributed by atoms with Crippen molar-refractivity contribution in [3.05, 3.63) is 63.6 Å². The van der Waals surface area contributed by atoms with Crippen LogP contribution in [-0.4, -0.2) is 67.7 Å². The van der Waals surface area contributed by atoms with Crippen molar-refractivity contribution in [1.82, 2.24) is 14.1 Å². The zero-order valence-corrected chi connectivity index (χ0v) is 20.2. The fourth-order valence-corrected chi connectivity index (χ4v) is 5.12. The third kappa shape index (κ3) is 5.59. The molecule has 6 nitrogen and oxygen atoms in total. The maximum absolute atomic E-state index is 13.1. The first kappa shape index (κ1) is 24.0. The van der Waals surface area contributed by atoms with Gasteiger partial charge in [-0.3, -0.25) is 9.69 Å². The monoisotopic (exact) mass is 483 g/mol. The van der Waals surface area contributed by atoms with Gasteiger partial charge >= 0.3 is 0 Å². The number of hydrogen-bond acceptors (Lipinski definition) is 4. The molecule has 1 aliphatic heterocycles. The Bertz CT molecular complexity index is 1030. The molecule has 0 bridgehead atoms. The Kier molecular flexibility index (Phi) is 7.65. The largest absolute Gasteiger partial charge is 0.336 e. The lowest BCUT2D eigenvalue weighted by atomic mass is 10.1. The van der Waals surface area contributed by atoms with Gasteiger partial charge in [0.05, 0.1) is 15.5 Å². The number of carbonyl (C=O) groups excluding carboxylic acids is 1. The number of benzene rings is 2. The third-order valence-electron chi connectivity index (χ3n) is 5.55. The predicted octanol–water partition coefficient (Wildman–Crippen LogP) is 3.98. The molecule has 2 aromatic carbocycles. The van der Waals surface area contributed by atoms with Crippen LogP contribution in [0.4, 0.5) is 0 Å². The summed E-state index contributed by atoms with van der Waals surface area (Å²) in [6, 6.07) is 11.9. The molecule has 0 atom stereocenters. The Morgan fingerprint density at radius 2 is 1.65 bits per heavy atom. The fraction of sp³-hybridized carbons (Fsp3) is 0.409. The molecule has 31 heavy (non-hydrogen) atoms. The second-order valence-electron chi connectivity index (χ2n) is 7.95. The molecular weight excluding hydrogens is 457 g/mol. The summed E-state index contributed by atoms with van der Waals surface area (Å²) < 4.78 is 26.9. The fourth-order valence-electron chi connectivity index (χ4n) is 3.40. The molecule has 168 valence electrons. The van der Waals surface area contributed by atoms with Crippen molar-refractivity contribution in [2.75, 3.05) is 33.2 Å². The van der Waals surface area contributed by atoms with Crippen LogP contribution in [0.5, 0.6) is 0 Å². The maximum atomic E-state index is 13.1. The lowest BCUT2D eigenvalue weighted by Crippen LogP contribution is -2.48. The Balaban J connectivity index is 1.70. The van der Waals surface area contributed by atoms with E-state index in [-0.39, 0.29) is 27.4 Å². The number of halogens is 2. The van der Waals surface area contributed by atoms with E-state index in [1.54, 1.807) is 18.7 Å². The molecule has 0 saturated carbocycles. The zero-order chi connectivity index (χ0) is 22.8. The normalized spacial score (nSPS) is 15.6. The van der Waals surface area contributed by atoms with E-state index in [0.717, 1.165) is 19.6 Å². The first-order chi connectivity index (χ1) is 14.6. The molecule has 0 unspecified atom stereocenters. The van der Waals surface area contributed by atoms with E-state index in [1.807, 2.05) is 24.3 Å². The predicted molar refractivity (Wildman–Crippen MR) is 124 cm³/mol. The molecule has 1 aliphatic rings. The van der Waals surface area contributed by atoms with Gasteiger partial charge in [-0.1, -0.05) is 35.3 Å². The highest BCUT2D eigenvalue weighted by Gasteiger charge is 2.28. The standard InChI is InChI=1S/C22H27Cl2N3O3S/c1-16(2)25(3)31(29,30)19-8-9-21(24)20(14-19)22(28)27-12-10-26(11-13-27)15-17-4-6-18(23)7-5-17/h4-9,14,16H,10-13,15H2,1-3H3. The zero-order valence-electron chi connectivity index (χ0n) is 17.9. The summed E-state index contributed by atoms with van der Waals surface area (Å²) in [5.74, 6) is -0.250. The van der Waals surface area contributed by atoms with Gasteiger partial charge in [-0.15, -0.1) is 0 Å². The molecule has 0 spiro atoms. The van der Waals surface area contributed by atoms with Gasteiger partial charge in [0.2, 0.25) is 10.0 Å². The van der Waals surface area contributed by atoms with Crippen molar-refractivity contribution >= 4 is 39.1 Å². The van der Waals surface area contributed by atoms with E-state index in [1.165, 1.54) is 35.1 Å². The Labute approximate surface area is 194 Å². The van der Waals surface area contributed by atoms with Crippen molar-refractivity contribution in [2.45, 2.75) is 31.3 Å². The number of rotatable bonds is 6. The molecule has 1 amide bonds. The van der Waals surface area contributed by atoms with Gasteiger partial charge in [-0.2, -0.15) is 4.31 Å². The third-order valence-corrected chi connectivity index (χ3v) is 8.16. The average Bonchev–Trinajstić information content (AvgIpc) is 2.75. The minimum absolute atomic E-state index is 0.0674. The highest BCUT2D eigenvalue weighted by Crippen LogP contribution is 2.25. The molecule has 0 aliphatic carbocycles. The van der Waals surface area contributed by atoms with Gasteiger partial charge in [-0.25, -0.2) is 8.42 Å². The molecule has 9 heteroatoms. The Morgan fingerprint density at radius 1 is 1.03 bits per heavy atom. The summed E-state index contributed by atoms with van der Waals surface area (Å²) in [6.07, 6.45) is 0. The average molecular weight is 484 g/mol. The maximum Gasteiger partial charge on any atom is 0.255 e. The summed E-state index contributed by atoms with van der Waals surface area (Å²) in [5, 5.41) is 0.958. The van der Waals surface area contributed by atoms with Crippen LogP contribution in [0.3, 0.4) is 0 Å². The number of carbonyl (C=O) groups is 1. The van der Waals surface area contributed by atoms with Crippen LogP contribution in [0, 0.1) is 0 Å². The van der Waals surface area contributed by atoms with Gasteiger partial charge in [0.15, 0.2) is 0 Å². The van der Waals surface area contributed by atoms with Crippen molar-refractivity contribution < 1.29 is 13.2 Å². The van der Waals surface area contributed by atoms with Gasteiger partial charge in [0.25, 0.3) is 5.91 Å². The van der Waals surface area contributed by atoms with E-state index in [2.05, 4.69) is 4.90 Å². The summed E-state index contributed by atoms with van der Waals surface area (Å²) in [6.45, 7) is 6.92. The molecule has 1 saturated heterocycles. The van der Waals surface area contributed by atoms with E-state index in [0.29, 0.717) is 18.1 Å². The highest BCUT2D eigenvalue weighted by atomic mass is 35.5. The minimum atomic E-state index is -3.70. The summed E-state index contributed by atoms with van der Waals surface area (Å²) in [4.78, 5) is 17.2. The van der Waals surface area contributed by atoms with Crippen molar-refractivity contribution in [1.29, 1.82) is 0 Å². The minimum Gasteiger partial charge on any atom is -0.336 e. The molecule has 1 fully saturated rings. The number of nitrogens with zero attached hydrogens (tertiary/aromatic N) is 3. The van der Waals surface area contributed by atoms with Gasteiger partial charge in [0, 0.05) is 50.8 Å². The Hall–Kier alpha value is -1.64. The van der Waals surface area contributed by atoms with Crippen molar-refractivity contribution in [3.63, 3.8) is 0 Å². The molecule has 1 heterocycles. The van der Waals surface area contributed by atoms with Gasteiger partial charge in [-0.05, 0) is 49.7 Å². The second-order valence-corrected chi connectivity index (χ2v) is 10.8. The van der Waals surface area contributed by atoms with E-state index in [9.17, 15) is 13.2 Å². The second kappa shape index (κ2) is 9.88. The van der Waals surface area contributed by atoms with Crippen LogP contribution in [0.25, 0.3) is 0 Å². The van der Waals surface area contributed by atoms with Gasteiger partial charge < -0.3 is 4.90 Å². The molecule has 2 aromatic rings. The van der Waals surface area contributed by atoms with E-state index < -0.39 is 10.0 Å². The lowest BCUT2D eigenvalue weighted by molar-refractivity contribution is 0.0628. The Morgan fingerprint density at radius 3 is 2.23 bits per heavy atom. The van der Waals surface area contributed by atoms with Crippen LogP contribution in [0.15, 0.2) is 47.4 Å². The summed E-state index contributed by atoms with van der Waals surface area (Å²) >= 11 is 12.2. The van der Waals surface area contributed by atoms with Crippen LogP contribution in [0.2, 0.25) is 10.0 Å². The van der Waals surface area contributed by atoms with Crippen molar-refractivity contribution in [3.8, 4) is 0 Å².